The molecule has 2 aromatic rings. The van der Waals surface area contributed by atoms with Crippen molar-refractivity contribution in [2.24, 2.45) is 0 Å². The van der Waals surface area contributed by atoms with Gasteiger partial charge >= 0.3 is 0 Å². The van der Waals surface area contributed by atoms with Crippen molar-refractivity contribution < 1.29 is 18.3 Å². The van der Waals surface area contributed by atoms with E-state index in [2.05, 4.69) is 0 Å². The normalized spacial score (nSPS) is 15.0. The molecule has 1 saturated heterocycles. The fraction of sp³-hybridized carbons (Fsp3) is 0.353. The van der Waals surface area contributed by atoms with Crippen LogP contribution in [0.3, 0.4) is 0 Å². The zero-order valence-corrected chi connectivity index (χ0v) is 12.6. The molecule has 116 valence electrons. The third kappa shape index (κ3) is 3.04. The number of hydrogen-bond acceptors (Lipinski definition) is 3. The lowest BCUT2D eigenvalue weighted by molar-refractivity contribution is -0.0504. The van der Waals surface area contributed by atoms with Gasteiger partial charge in [0.1, 0.15) is 17.3 Å². The molecule has 1 aromatic carbocycles. The van der Waals surface area contributed by atoms with Crippen LogP contribution in [0, 0.1) is 19.7 Å². The summed E-state index contributed by atoms with van der Waals surface area (Å²) in [5.74, 6) is 1.09. The number of aryl methyl sites for hydroxylation is 2. The van der Waals surface area contributed by atoms with Gasteiger partial charge in [0.25, 0.3) is 5.91 Å². The van der Waals surface area contributed by atoms with E-state index >= 15 is 0 Å². The van der Waals surface area contributed by atoms with Crippen molar-refractivity contribution in [2.45, 2.75) is 26.6 Å². The molecule has 4 nitrogen and oxygen atoms in total. The minimum atomic E-state index is -0.266. The van der Waals surface area contributed by atoms with Crippen molar-refractivity contribution in [2.75, 3.05) is 13.1 Å². The number of ether oxygens (including phenoxy) is 1. The number of furan rings is 1. The Hall–Kier alpha value is -2.14. The van der Waals surface area contributed by atoms with Gasteiger partial charge in [-0.05, 0) is 37.6 Å². The van der Waals surface area contributed by atoms with E-state index < -0.39 is 0 Å². The Morgan fingerprint density at radius 3 is 2.77 bits per heavy atom. The maximum absolute atomic E-state index is 13.1. The molecule has 1 aromatic heterocycles. The van der Waals surface area contributed by atoms with Gasteiger partial charge < -0.3 is 14.1 Å². The molecule has 0 unspecified atom stereocenters. The average molecular weight is 303 g/mol. The minimum absolute atomic E-state index is 0.000483. The second-order valence-electron chi connectivity index (χ2n) is 5.60. The maximum atomic E-state index is 13.1. The molecule has 1 aliphatic heterocycles. The van der Waals surface area contributed by atoms with E-state index in [1.807, 2.05) is 13.0 Å². The molecule has 3 rings (SSSR count). The molecule has 1 fully saturated rings. The van der Waals surface area contributed by atoms with E-state index in [9.17, 15) is 9.18 Å². The molecule has 0 N–H and O–H groups in total. The van der Waals surface area contributed by atoms with Crippen LogP contribution in [-0.4, -0.2) is 30.0 Å². The van der Waals surface area contributed by atoms with Crippen LogP contribution in [0.4, 0.5) is 4.39 Å². The van der Waals surface area contributed by atoms with Crippen molar-refractivity contribution in [3.05, 3.63) is 58.8 Å². The fourth-order valence-electron chi connectivity index (χ4n) is 2.56. The molecule has 0 radical (unpaired) electrons. The van der Waals surface area contributed by atoms with Crippen molar-refractivity contribution in [3.63, 3.8) is 0 Å². The van der Waals surface area contributed by atoms with Crippen LogP contribution in [0.5, 0.6) is 0 Å². The first-order chi connectivity index (χ1) is 10.5. The van der Waals surface area contributed by atoms with Crippen molar-refractivity contribution in [1.29, 1.82) is 0 Å². The lowest BCUT2D eigenvalue weighted by Gasteiger charge is -2.38. The zero-order valence-electron chi connectivity index (χ0n) is 12.6. The molecule has 5 heteroatoms. The van der Waals surface area contributed by atoms with Crippen LogP contribution in [0.2, 0.25) is 0 Å². The Morgan fingerprint density at radius 2 is 2.14 bits per heavy atom. The number of rotatable bonds is 4. The largest absolute Gasteiger partial charge is 0.466 e. The van der Waals surface area contributed by atoms with E-state index in [1.165, 1.54) is 12.1 Å². The second-order valence-corrected chi connectivity index (χ2v) is 5.60. The second kappa shape index (κ2) is 5.93. The zero-order chi connectivity index (χ0) is 15.7. The summed E-state index contributed by atoms with van der Waals surface area (Å²) >= 11 is 0. The number of halogens is 1. The number of likely N-dealkylation sites (tertiary alicyclic amines) is 1. The molecule has 0 spiro atoms. The summed E-state index contributed by atoms with van der Waals surface area (Å²) < 4.78 is 24.1. The summed E-state index contributed by atoms with van der Waals surface area (Å²) in [6, 6.07) is 8.11. The molecule has 0 aliphatic carbocycles. The Balaban J connectivity index is 1.50. The van der Waals surface area contributed by atoms with Gasteiger partial charge in [-0.3, -0.25) is 4.79 Å². The Bertz CT molecular complexity index is 689. The standard InChI is InChI=1S/C17H18FNO3/c1-11-6-16(12(2)22-11)17(20)19-8-15(9-19)21-10-13-4-3-5-14(18)7-13/h3-7,15H,8-10H2,1-2H3. The number of nitrogens with zero attached hydrogens (tertiary/aromatic N) is 1. The summed E-state index contributed by atoms with van der Waals surface area (Å²) in [6.45, 7) is 5.08. The van der Waals surface area contributed by atoms with Crippen molar-refractivity contribution in [1.82, 2.24) is 4.90 Å². The number of hydrogen-bond donors (Lipinski definition) is 0. The molecule has 0 atom stereocenters. The summed E-state index contributed by atoms with van der Waals surface area (Å²) in [6.07, 6.45) is 0.000483. The smallest absolute Gasteiger partial charge is 0.257 e. The fourth-order valence-corrected chi connectivity index (χ4v) is 2.56. The third-order valence-corrected chi connectivity index (χ3v) is 3.78. The first kappa shape index (κ1) is 14.8. The lowest BCUT2D eigenvalue weighted by atomic mass is 10.1. The molecule has 0 bridgehead atoms. The predicted molar refractivity (Wildman–Crippen MR) is 79.1 cm³/mol. The van der Waals surface area contributed by atoms with Gasteiger partial charge in [0.15, 0.2) is 0 Å². The monoisotopic (exact) mass is 303 g/mol. The van der Waals surface area contributed by atoms with Crippen molar-refractivity contribution >= 4 is 5.91 Å². The molecule has 22 heavy (non-hydrogen) atoms. The van der Waals surface area contributed by atoms with Gasteiger partial charge in [-0.25, -0.2) is 4.39 Å². The highest BCUT2D eigenvalue weighted by Crippen LogP contribution is 2.21. The van der Waals surface area contributed by atoms with E-state index in [0.29, 0.717) is 31.0 Å². The minimum Gasteiger partial charge on any atom is -0.466 e. The Morgan fingerprint density at radius 1 is 1.36 bits per heavy atom. The van der Waals surface area contributed by atoms with Gasteiger partial charge in [0.05, 0.1) is 18.3 Å². The predicted octanol–water partition coefficient (Wildman–Crippen LogP) is 3.08. The SMILES string of the molecule is Cc1cc(C(=O)N2CC(OCc3cccc(F)c3)C2)c(C)o1. The van der Waals surface area contributed by atoms with Crippen LogP contribution >= 0.6 is 0 Å². The van der Waals surface area contributed by atoms with Gasteiger partial charge in [0.2, 0.25) is 0 Å². The Kier molecular flexibility index (Phi) is 3.98. The third-order valence-electron chi connectivity index (χ3n) is 3.78. The first-order valence-electron chi connectivity index (χ1n) is 7.25. The molecule has 1 aliphatic rings. The number of carbonyl (C=O) groups is 1. The van der Waals surface area contributed by atoms with E-state index in [-0.39, 0.29) is 17.8 Å². The summed E-state index contributed by atoms with van der Waals surface area (Å²) in [7, 11) is 0. The molecule has 2 heterocycles. The molecular formula is C17H18FNO3. The van der Waals surface area contributed by atoms with Crippen LogP contribution in [0.25, 0.3) is 0 Å². The number of carbonyl (C=O) groups excluding carboxylic acids is 1. The highest BCUT2D eigenvalue weighted by atomic mass is 19.1. The van der Waals surface area contributed by atoms with Crippen LogP contribution < -0.4 is 0 Å². The highest BCUT2D eigenvalue weighted by molar-refractivity contribution is 5.95. The molecule has 1 amide bonds. The van der Waals surface area contributed by atoms with E-state index in [1.54, 1.807) is 24.0 Å². The summed E-state index contributed by atoms with van der Waals surface area (Å²) in [4.78, 5) is 14.0. The van der Waals surface area contributed by atoms with Gasteiger partial charge in [-0.15, -0.1) is 0 Å². The topological polar surface area (TPSA) is 42.7 Å². The van der Waals surface area contributed by atoms with Gasteiger partial charge in [0, 0.05) is 13.1 Å². The van der Waals surface area contributed by atoms with Gasteiger partial charge in [-0.2, -0.15) is 0 Å². The molecule has 0 saturated carbocycles. The van der Waals surface area contributed by atoms with Crippen molar-refractivity contribution in [3.8, 4) is 0 Å². The lowest BCUT2D eigenvalue weighted by Crippen LogP contribution is -2.54. The Labute approximate surface area is 128 Å². The van der Waals surface area contributed by atoms with E-state index in [4.69, 9.17) is 9.15 Å². The average Bonchev–Trinajstić information content (AvgIpc) is 2.76. The maximum Gasteiger partial charge on any atom is 0.257 e. The number of benzene rings is 1. The summed E-state index contributed by atoms with van der Waals surface area (Å²) in [5, 5.41) is 0. The first-order valence-corrected chi connectivity index (χ1v) is 7.25. The van der Waals surface area contributed by atoms with Crippen LogP contribution in [0.15, 0.2) is 34.7 Å². The van der Waals surface area contributed by atoms with Crippen LogP contribution in [-0.2, 0) is 11.3 Å². The summed E-state index contributed by atoms with van der Waals surface area (Å²) in [5.41, 5.74) is 1.41. The highest BCUT2D eigenvalue weighted by Gasteiger charge is 2.33. The number of amides is 1. The molecular weight excluding hydrogens is 285 g/mol. The van der Waals surface area contributed by atoms with Gasteiger partial charge in [-0.1, -0.05) is 12.1 Å². The quantitative estimate of drug-likeness (QED) is 0.871. The van der Waals surface area contributed by atoms with Crippen LogP contribution in [0.1, 0.15) is 27.4 Å². The van der Waals surface area contributed by atoms with E-state index in [0.717, 1.165) is 11.3 Å².